The number of phenolic OH excluding ortho intramolecular Hbond substituents is 1. The number of hydrogen-bond donors (Lipinski definition) is 1. The Balaban J connectivity index is 2.13. The Morgan fingerprint density at radius 2 is 1.59 bits per heavy atom. The van der Waals surface area contributed by atoms with Gasteiger partial charge in [0, 0.05) is 0 Å². The first-order chi connectivity index (χ1) is 8.11. The van der Waals surface area contributed by atoms with Crippen molar-refractivity contribution in [3.05, 3.63) is 29.3 Å². The van der Waals surface area contributed by atoms with Gasteiger partial charge in [-0.05, 0) is 55.2 Å². The fraction of sp³-hybridized carbons (Fsp3) is 0.538. The van der Waals surface area contributed by atoms with Crippen LogP contribution in [-0.2, 0) is 0 Å². The van der Waals surface area contributed by atoms with Crippen molar-refractivity contribution in [1.29, 1.82) is 0 Å². The average molecular weight is 244 g/mol. The summed E-state index contributed by atoms with van der Waals surface area (Å²) in [6.07, 6.45) is 3.01. The monoisotopic (exact) mass is 244 g/mol. The molecule has 1 aromatic rings. The quantitative estimate of drug-likeness (QED) is 0.836. The van der Waals surface area contributed by atoms with E-state index in [1.54, 1.807) is 0 Å². The number of rotatable bonds is 2. The van der Waals surface area contributed by atoms with Crippen LogP contribution < -0.4 is 0 Å². The van der Waals surface area contributed by atoms with Crippen LogP contribution in [0.1, 0.15) is 37.2 Å². The highest BCUT2D eigenvalue weighted by atomic mass is 19.1. The first kappa shape index (κ1) is 12.3. The molecule has 1 nitrogen and oxygen atoms in total. The third kappa shape index (κ3) is 2.56. The summed E-state index contributed by atoms with van der Waals surface area (Å²) in [7, 11) is 0. The van der Waals surface area contributed by atoms with Gasteiger partial charge in [0.25, 0.3) is 0 Å². The highest BCUT2D eigenvalue weighted by molar-refractivity contribution is 5.32. The van der Waals surface area contributed by atoms with Crippen molar-refractivity contribution in [2.75, 3.05) is 6.67 Å². The van der Waals surface area contributed by atoms with Crippen molar-refractivity contribution in [2.24, 2.45) is 5.92 Å². The Hall–Kier alpha value is -1.19. The normalized spacial score (nSPS) is 24.9. The van der Waals surface area contributed by atoms with E-state index in [1.807, 2.05) is 0 Å². The Morgan fingerprint density at radius 1 is 1.06 bits per heavy atom. The molecule has 0 bridgehead atoms. The molecule has 1 saturated carbocycles. The zero-order valence-electron chi connectivity index (χ0n) is 9.43. The summed E-state index contributed by atoms with van der Waals surface area (Å²) in [5, 5.41) is 9.01. The summed E-state index contributed by atoms with van der Waals surface area (Å²) < 4.78 is 38.8. The molecule has 0 saturated heterocycles. The second-order valence-corrected chi connectivity index (χ2v) is 4.71. The van der Waals surface area contributed by atoms with Gasteiger partial charge in [-0.2, -0.15) is 0 Å². The molecule has 0 atom stereocenters. The second-order valence-electron chi connectivity index (χ2n) is 4.71. The summed E-state index contributed by atoms with van der Waals surface area (Å²) >= 11 is 0. The van der Waals surface area contributed by atoms with E-state index >= 15 is 0 Å². The second kappa shape index (κ2) is 4.98. The van der Waals surface area contributed by atoms with E-state index in [1.165, 1.54) is 12.1 Å². The van der Waals surface area contributed by atoms with Crippen LogP contribution in [0.2, 0.25) is 0 Å². The molecular formula is C13H15F3O. The fourth-order valence-corrected chi connectivity index (χ4v) is 2.47. The summed E-state index contributed by atoms with van der Waals surface area (Å²) in [6.45, 7) is -0.314. The van der Waals surface area contributed by atoms with Crippen molar-refractivity contribution in [3.63, 3.8) is 0 Å². The lowest BCUT2D eigenvalue weighted by molar-refractivity contribution is 0.262. The lowest BCUT2D eigenvalue weighted by Crippen LogP contribution is -2.15. The summed E-state index contributed by atoms with van der Waals surface area (Å²) in [5.41, 5.74) is 0.565. The molecule has 1 aliphatic rings. The van der Waals surface area contributed by atoms with E-state index in [2.05, 4.69) is 0 Å². The van der Waals surface area contributed by atoms with Gasteiger partial charge in [-0.25, -0.2) is 8.78 Å². The minimum Gasteiger partial charge on any atom is -0.503 e. The topological polar surface area (TPSA) is 20.2 Å². The van der Waals surface area contributed by atoms with E-state index in [9.17, 15) is 13.2 Å². The molecule has 0 heterocycles. The zero-order valence-corrected chi connectivity index (χ0v) is 9.43. The maximum absolute atomic E-state index is 13.2. The number of hydrogen-bond acceptors (Lipinski definition) is 1. The maximum atomic E-state index is 13.2. The Labute approximate surface area is 98.3 Å². The molecule has 0 unspecified atom stereocenters. The van der Waals surface area contributed by atoms with Crippen molar-refractivity contribution >= 4 is 0 Å². The third-order valence-electron chi connectivity index (χ3n) is 3.58. The number of alkyl halides is 1. The minimum atomic E-state index is -0.925. The maximum Gasteiger partial charge on any atom is 0.187 e. The largest absolute Gasteiger partial charge is 0.503 e. The molecule has 0 aromatic heterocycles. The van der Waals surface area contributed by atoms with Crippen molar-refractivity contribution in [3.8, 4) is 5.75 Å². The molecule has 94 valence electrons. The first-order valence-corrected chi connectivity index (χ1v) is 5.85. The van der Waals surface area contributed by atoms with Gasteiger partial charge >= 0.3 is 0 Å². The SMILES string of the molecule is Oc1c(F)cc(C2CCC(CF)CC2)cc1F. The number of aromatic hydroxyl groups is 1. The molecular weight excluding hydrogens is 229 g/mol. The average Bonchev–Trinajstić information content (AvgIpc) is 2.35. The Kier molecular flexibility index (Phi) is 3.60. The van der Waals surface area contributed by atoms with Gasteiger partial charge in [0.2, 0.25) is 0 Å². The van der Waals surface area contributed by atoms with Gasteiger partial charge in [-0.3, -0.25) is 4.39 Å². The van der Waals surface area contributed by atoms with Crippen LogP contribution in [0.5, 0.6) is 5.75 Å². The van der Waals surface area contributed by atoms with Crippen molar-refractivity contribution in [2.45, 2.75) is 31.6 Å². The first-order valence-electron chi connectivity index (χ1n) is 5.85. The molecule has 17 heavy (non-hydrogen) atoms. The molecule has 0 spiro atoms. The predicted molar refractivity (Wildman–Crippen MR) is 58.7 cm³/mol. The summed E-state index contributed by atoms with van der Waals surface area (Å²) in [6, 6.07) is 2.36. The molecule has 0 amide bonds. The standard InChI is InChI=1S/C13H15F3O/c14-7-8-1-3-9(4-2-8)10-5-11(15)13(17)12(16)6-10/h5-6,8-9,17H,1-4,7H2. The van der Waals surface area contributed by atoms with E-state index in [0.29, 0.717) is 5.56 Å². The van der Waals surface area contributed by atoms with Gasteiger partial charge in [0.1, 0.15) is 0 Å². The molecule has 1 aliphatic carbocycles. The highest BCUT2D eigenvalue weighted by Crippen LogP contribution is 2.37. The van der Waals surface area contributed by atoms with Crippen LogP contribution in [0.25, 0.3) is 0 Å². The van der Waals surface area contributed by atoms with Crippen LogP contribution in [0.3, 0.4) is 0 Å². The van der Waals surface area contributed by atoms with E-state index < -0.39 is 17.4 Å². The van der Waals surface area contributed by atoms with Gasteiger partial charge in [-0.1, -0.05) is 0 Å². The summed E-state index contributed by atoms with van der Waals surface area (Å²) in [5.74, 6) is -2.60. The number of halogens is 3. The van der Waals surface area contributed by atoms with Crippen LogP contribution in [0.4, 0.5) is 13.2 Å². The van der Waals surface area contributed by atoms with Crippen molar-refractivity contribution < 1.29 is 18.3 Å². The van der Waals surface area contributed by atoms with Crippen LogP contribution in [0, 0.1) is 17.6 Å². The van der Waals surface area contributed by atoms with E-state index in [4.69, 9.17) is 5.11 Å². The minimum absolute atomic E-state index is 0.0717. The molecule has 0 aliphatic heterocycles. The number of benzene rings is 1. The summed E-state index contributed by atoms with van der Waals surface area (Å²) in [4.78, 5) is 0. The zero-order chi connectivity index (χ0) is 12.4. The Morgan fingerprint density at radius 3 is 2.06 bits per heavy atom. The fourth-order valence-electron chi connectivity index (χ4n) is 2.47. The highest BCUT2D eigenvalue weighted by Gasteiger charge is 2.24. The predicted octanol–water partition coefficient (Wildman–Crippen LogP) is 3.91. The van der Waals surface area contributed by atoms with E-state index in [-0.39, 0.29) is 18.5 Å². The van der Waals surface area contributed by atoms with E-state index in [0.717, 1.165) is 25.7 Å². The Bertz CT molecular complexity index is 375. The molecule has 1 fully saturated rings. The van der Waals surface area contributed by atoms with Gasteiger partial charge in [0.15, 0.2) is 17.4 Å². The third-order valence-corrected chi connectivity index (χ3v) is 3.58. The molecule has 0 radical (unpaired) electrons. The smallest absolute Gasteiger partial charge is 0.187 e. The molecule has 1 aromatic carbocycles. The van der Waals surface area contributed by atoms with Gasteiger partial charge < -0.3 is 5.11 Å². The lowest BCUT2D eigenvalue weighted by Gasteiger charge is -2.27. The van der Waals surface area contributed by atoms with Gasteiger partial charge in [-0.15, -0.1) is 0 Å². The van der Waals surface area contributed by atoms with Crippen molar-refractivity contribution in [1.82, 2.24) is 0 Å². The number of phenols is 1. The van der Waals surface area contributed by atoms with Crippen LogP contribution >= 0.6 is 0 Å². The van der Waals surface area contributed by atoms with Crippen LogP contribution in [-0.4, -0.2) is 11.8 Å². The molecule has 2 rings (SSSR count). The molecule has 4 heteroatoms. The lowest BCUT2D eigenvalue weighted by atomic mass is 9.79. The molecule has 1 N–H and O–H groups in total. The van der Waals surface area contributed by atoms with Crippen LogP contribution in [0.15, 0.2) is 12.1 Å². The van der Waals surface area contributed by atoms with Gasteiger partial charge in [0.05, 0.1) is 6.67 Å².